The van der Waals surface area contributed by atoms with E-state index in [4.69, 9.17) is 5.11 Å². The van der Waals surface area contributed by atoms with Crippen LogP contribution in [0, 0.1) is 0 Å². The topological polar surface area (TPSA) is 95.5 Å². The van der Waals surface area contributed by atoms with Crippen molar-refractivity contribution in [2.24, 2.45) is 0 Å². The quantitative estimate of drug-likeness (QED) is 0.630. The summed E-state index contributed by atoms with van der Waals surface area (Å²) in [6, 6.07) is 8.19. The molecule has 3 N–H and O–H groups in total. The van der Waals surface area contributed by atoms with E-state index in [-0.39, 0.29) is 24.0 Å². The molecule has 0 bridgehead atoms. The second-order valence-corrected chi connectivity index (χ2v) is 5.45. The van der Waals surface area contributed by atoms with Crippen LogP contribution >= 0.6 is 11.8 Å². The van der Waals surface area contributed by atoms with Crippen LogP contribution in [0.5, 0.6) is 0 Å². The molecule has 1 aromatic rings. The molecule has 0 aromatic heterocycles. The van der Waals surface area contributed by atoms with E-state index in [9.17, 15) is 14.4 Å². The van der Waals surface area contributed by atoms with Gasteiger partial charge in [0.2, 0.25) is 11.8 Å². The van der Waals surface area contributed by atoms with Crippen LogP contribution < -0.4 is 10.6 Å². The van der Waals surface area contributed by atoms with Gasteiger partial charge >= 0.3 is 5.97 Å². The van der Waals surface area contributed by atoms with Crippen molar-refractivity contribution in [1.29, 1.82) is 0 Å². The number of amides is 2. The van der Waals surface area contributed by atoms with E-state index in [1.54, 1.807) is 12.1 Å². The van der Waals surface area contributed by atoms with Gasteiger partial charge in [0, 0.05) is 12.6 Å². The van der Waals surface area contributed by atoms with E-state index in [0.29, 0.717) is 5.75 Å². The monoisotopic (exact) mass is 310 g/mol. The number of carboxylic acid groups (broad SMARTS) is 1. The fourth-order valence-electron chi connectivity index (χ4n) is 1.59. The van der Waals surface area contributed by atoms with E-state index < -0.39 is 12.0 Å². The van der Waals surface area contributed by atoms with Crippen LogP contribution in [0.4, 0.5) is 5.69 Å². The number of anilines is 1. The fraction of sp³-hybridized carbons (Fsp3) is 0.357. The number of carboxylic acids is 1. The average Bonchev–Trinajstić information content (AvgIpc) is 2.42. The number of rotatable bonds is 8. The lowest BCUT2D eigenvalue weighted by molar-refractivity contribution is -0.141. The van der Waals surface area contributed by atoms with Crippen molar-refractivity contribution in [2.45, 2.75) is 19.4 Å². The fourth-order valence-corrected chi connectivity index (χ4v) is 2.39. The Balaban J connectivity index is 2.25. The van der Waals surface area contributed by atoms with Gasteiger partial charge in [-0.15, -0.1) is 0 Å². The molecule has 0 saturated carbocycles. The predicted octanol–water partition coefficient (Wildman–Crippen LogP) is 1.34. The van der Waals surface area contributed by atoms with Crippen molar-refractivity contribution in [3.05, 3.63) is 30.3 Å². The number of thioether (sulfide) groups is 1. The lowest BCUT2D eigenvalue weighted by Crippen LogP contribution is -2.40. The first-order chi connectivity index (χ1) is 9.99. The Morgan fingerprint density at radius 2 is 1.90 bits per heavy atom. The van der Waals surface area contributed by atoms with E-state index in [1.807, 2.05) is 18.2 Å². The number of aliphatic carboxylic acids is 1. The summed E-state index contributed by atoms with van der Waals surface area (Å²) in [7, 11) is 0. The van der Waals surface area contributed by atoms with E-state index in [0.717, 1.165) is 5.69 Å². The van der Waals surface area contributed by atoms with Crippen molar-refractivity contribution >= 4 is 35.2 Å². The largest absolute Gasteiger partial charge is 0.480 e. The second-order valence-electron chi connectivity index (χ2n) is 4.35. The highest BCUT2D eigenvalue weighted by Gasteiger charge is 2.17. The zero-order valence-corrected chi connectivity index (χ0v) is 12.5. The molecule has 0 radical (unpaired) electrons. The highest BCUT2D eigenvalue weighted by Crippen LogP contribution is 2.09. The zero-order chi connectivity index (χ0) is 15.7. The molecule has 2 amide bonds. The molecule has 114 valence electrons. The van der Waals surface area contributed by atoms with E-state index >= 15 is 0 Å². The summed E-state index contributed by atoms with van der Waals surface area (Å²) >= 11 is 1.33. The van der Waals surface area contributed by atoms with Crippen molar-refractivity contribution in [3.63, 3.8) is 0 Å². The van der Waals surface area contributed by atoms with Gasteiger partial charge in [-0.3, -0.25) is 9.59 Å². The molecule has 0 saturated heterocycles. The lowest BCUT2D eigenvalue weighted by atomic mass is 10.2. The lowest BCUT2D eigenvalue weighted by Gasteiger charge is -2.12. The maximum Gasteiger partial charge on any atom is 0.326 e. The van der Waals surface area contributed by atoms with Crippen LogP contribution in [0.2, 0.25) is 0 Å². The van der Waals surface area contributed by atoms with E-state index in [2.05, 4.69) is 10.6 Å². The molecule has 1 aromatic carbocycles. The van der Waals surface area contributed by atoms with Crippen LogP contribution in [0.15, 0.2) is 30.3 Å². The van der Waals surface area contributed by atoms with Crippen LogP contribution in [-0.4, -0.2) is 40.4 Å². The molecule has 21 heavy (non-hydrogen) atoms. The Morgan fingerprint density at radius 1 is 1.24 bits per heavy atom. The van der Waals surface area contributed by atoms with E-state index in [1.165, 1.54) is 18.7 Å². The smallest absolute Gasteiger partial charge is 0.326 e. The van der Waals surface area contributed by atoms with Crippen molar-refractivity contribution in [1.82, 2.24) is 5.32 Å². The third kappa shape index (κ3) is 7.36. The molecule has 1 unspecified atom stereocenters. The minimum Gasteiger partial charge on any atom is -0.480 e. The number of para-hydroxylation sites is 1. The molecule has 7 heteroatoms. The molecule has 0 aliphatic carbocycles. The Morgan fingerprint density at radius 3 is 2.48 bits per heavy atom. The van der Waals surface area contributed by atoms with Gasteiger partial charge in [-0.2, -0.15) is 11.8 Å². The van der Waals surface area contributed by atoms with Gasteiger partial charge in [-0.25, -0.2) is 4.79 Å². The van der Waals surface area contributed by atoms with Gasteiger partial charge in [0.1, 0.15) is 6.04 Å². The number of hydrogen-bond acceptors (Lipinski definition) is 4. The van der Waals surface area contributed by atoms with Gasteiger partial charge < -0.3 is 15.7 Å². The van der Waals surface area contributed by atoms with Crippen molar-refractivity contribution < 1.29 is 19.5 Å². The second kappa shape index (κ2) is 9.02. The summed E-state index contributed by atoms with van der Waals surface area (Å²) in [5.74, 6) is -0.882. The Labute approximate surface area is 127 Å². The summed E-state index contributed by atoms with van der Waals surface area (Å²) in [6.07, 6.45) is 0.276. The highest BCUT2D eigenvalue weighted by atomic mass is 32.2. The van der Waals surface area contributed by atoms with Gasteiger partial charge in [0.05, 0.1) is 5.75 Å². The minimum atomic E-state index is -1.07. The summed E-state index contributed by atoms with van der Waals surface area (Å²) in [5, 5.41) is 14.0. The number of benzene rings is 1. The molecule has 1 rings (SSSR count). The molecular formula is C14H18N2O4S. The van der Waals surface area contributed by atoms with Gasteiger partial charge in [-0.1, -0.05) is 18.2 Å². The van der Waals surface area contributed by atoms with Crippen molar-refractivity contribution in [3.8, 4) is 0 Å². The molecular weight excluding hydrogens is 292 g/mol. The maximum atomic E-state index is 11.7. The Kier molecular flexibility index (Phi) is 7.31. The minimum absolute atomic E-state index is 0.141. The van der Waals surface area contributed by atoms with Crippen LogP contribution in [0.25, 0.3) is 0 Å². The normalized spacial score (nSPS) is 11.5. The third-order valence-electron chi connectivity index (χ3n) is 2.52. The first kappa shape index (κ1) is 17.0. The third-order valence-corrected chi connectivity index (χ3v) is 3.51. The standard InChI is InChI=1S/C14H18N2O4S/c1-10(17)15-12(14(19)20)7-8-21-9-13(18)16-11-5-3-2-4-6-11/h2-6,12H,7-9H2,1H3,(H,15,17)(H,16,18)(H,19,20). The Hall–Kier alpha value is -2.02. The maximum absolute atomic E-state index is 11.7. The first-order valence-corrected chi connectivity index (χ1v) is 7.57. The average molecular weight is 310 g/mol. The number of carbonyl (C=O) groups is 3. The van der Waals surface area contributed by atoms with Crippen LogP contribution in [0.1, 0.15) is 13.3 Å². The number of hydrogen-bond donors (Lipinski definition) is 3. The molecule has 0 spiro atoms. The van der Waals surface area contributed by atoms with Gasteiger partial charge in [-0.05, 0) is 24.3 Å². The summed E-state index contributed by atoms with van der Waals surface area (Å²) < 4.78 is 0. The number of nitrogens with one attached hydrogen (secondary N) is 2. The summed E-state index contributed by atoms with van der Waals surface area (Å²) in [6.45, 7) is 1.27. The first-order valence-electron chi connectivity index (χ1n) is 6.41. The molecule has 0 fully saturated rings. The molecule has 6 nitrogen and oxygen atoms in total. The van der Waals surface area contributed by atoms with Gasteiger partial charge in [0.25, 0.3) is 0 Å². The summed E-state index contributed by atoms with van der Waals surface area (Å²) in [4.78, 5) is 33.4. The molecule has 0 aliphatic heterocycles. The number of carbonyl (C=O) groups excluding carboxylic acids is 2. The molecule has 0 aliphatic rings. The molecule has 1 atom stereocenters. The zero-order valence-electron chi connectivity index (χ0n) is 11.7. The highest BCUT2D eigenvalue weighted by molar-refractivity contribution is 7.99. The van der Waals surface area contributed by atoms with Gasteiger partial charge in [0.15, 0.2) is 0 Å². The SMILES string of the molecule is CC(=O)NC(CCSCC(=O)Nc1ccccc1)C(=O)O. The van der Waals surface area contributed by atoms with Crippen molar-refractivity contribution in [2.75, 3.05) is 16.8 Å². The van der Waals surface area contributed by atoms with Crippen LogP contribution in [-0.2, 0) is 14.4 Å². The summed E-state index contributed by atoms with van der Waals surface area (Å²) in [5.41, 5.74) is 0.727. The predicted molar refractivity (Wildman–Crippen MR) is 82.3 cm³/mol. The Bertz CT molecular complexity index is 493. The molecule has 0 heterocycles. The van der Waals surface area contributed by atoms with Crippen LogP contribution in [0.3, 0.4) is 0 Å².